The Morgan fingerprint density at radius 3 is 1.75 bits per heavy atom. The molecule has 0 amide bonds. The largest absolute Gasteiger partial charge is 1.00 e. The Morgan fingerprint density at radius 1 is 0.673 bits per heavy atom. The van der Waals surface area contributed by atoms with Crippen molar-refractivity contribution in [2.45, 2.75) is 28.5 Å². The van der Waals surface area contributed by atoms with Gasteiger partial charge in [-0.2, -0.15) is 33.8 Å². The van der Waals surface area contributed by atoms with E-state index in [1.807, 2.05) is 0 Å². The topological polar surface area (TPSA) is 240 Å². The molecular weight excluding hydrogens is 816 g/mol. The van der Waals surface area contributed by atoms with Crippen molar-refractivity contribution >= 4 is 103 Å². The van der Waals surface area contributed by atoms with Gasteiger partial charge in [0.2, 0.25) is 16.5 Å². The Labute approximate surface area is 380 Å². The second-order valence-electron chi connectivity index (χ2n) is 9.51. The van der Waals surface area contributed by atoms with Crippen LogP contribution in [0.25, 0.3) is 10.8 Å². The Morgan fingerprint density at radius 2 is 1.19 bits per heavy atom. The number of halogens is 2. The molecule has 52 heavy (non-hydrogen) atoms. The summed E-state index contributed by atoms with van der Waals surface area (Å²) in [5.41, 5.74) is 2.79. The number of hydrogen-bond acceptors (Lipinski definition) is 19. The minimum Gasteiger partial charge on any atom is -0.744 e. The van der Waals surface area contributed by atoms with Crippen LogP contribution >= 0.6 is 47.3 Å². The van der Waals surface area contributed by atoms with Crippen molar-refractivity contribution in [3.8, 4) is 0 Å². The van der Waals surface area contributed by atoms with Crippen LogP contribution in [0.15, 0.2) is 95.8 Å². The maximum absolute atomic E-state index is 11.8. The number of azo groups is 2. The van der Waals surface area contributed by atoms with Gasteiger partial charge in [-0.1, -0.05) is 6.07 Å². The summed E-state index contributed by atoms with van der Waals surface area (Å²) in [5.74, 6) is 0.103. The zero-order valence-corrected chi connectivity index (χ0v) is 37.5. The molecule has 25 heteroatoms. The molecule has 0 fully saturated rings. The van der Waals surface area contributed by atoms with Gasteiger partial charge in [-0.3, -0.25) is 10.1 Å². The second-order valence-corrected chi connectivity index (χ2v) is 13.1. The molecule has 17 nitrogen and oxygen atoms in total. The maximum atomic E-state index is 11.8. The minimum atomic E-state index is -4.91. The standard InChI is InChI=1S/C27H20Cl2N8O9S3.3Na/c1-13-10-22(36-37-23-12-16(48-46-44-39)4-8-24(23)49(40,41)42)14(2)9-21(13)35-34-20-7-6-19(30-27-32-25(28)31-26(29)33-27)17-5-3-15(11-18(17)20)47-45-43-38;;;/h3-12,38-39H,1-2H3,(H,40,41,42)(H,30,31,32,33);;;/q;3*+1/p-3. The molecule has 5 aromatic rings. The second kappa shape index (κ2) is 22.0. The van der Waals surface area contributed by atoms with Gasteiger partial charge in [0.1, 0.15) is 15.8 Å². The van der Waals surface area contributed by atoms with E-state index in [9.17, 15) is 23.5 Å². The molecule has 4 aromatic carbocycles. The van der Waals surface area contributed by atoms with E-state index in [1.165, 1.54) is 12.1 Å². The molecule has 0 saturated heterocycles. The molecule has 1 N–H and O–H groups in total. The van der Waals surface area contributed by atoms with Crippen LogP contribution in [0.4, 0.5) is 34.4 Å². The summed E-state index contributed by atoms with van der Waals surface area (Å²) in [4.78, 5) is 11.9. The Balaban J connectivity index is 0.00000312. The summed E-state index contributed by atoms with van der Waals surface area (Å²) in [7, 11) is -4.91. The predicted octanol–water partition coefficient (Wildman–Crippen LogP) is -2.10. The molecule has 0 spiro atoms. The SMILES string of the molecule is Cc1cc(N=Nc2ccc(Nc3nc(Cl)nc(Cl)n3)c3ccc(SOO[O-])cc23)c(C)cc1N=Nc1cc(SOO[O-])ccc1S(=O)(=O)[O-].[Na+].[Na+].[Na+]. The van der Waals surface area contributed by atoms with Crippen LogP contribution in [-0.2, 0) is 28.9 Å². The molecule has 1 heterocycles. The van der Waals surface area contributed by atoms with Crippen molar-refractivity contribution < 1.29 is 131 Å². The van der Waals surface area contributed by atoms with E-state index in [1.54, 1.807) is 56.3 Å². The van der Waals surface area contributed by atoms with Crippen LogP contribution in [0.5, 0.6) is 0 Å². The van der Waals surface area contributed by atoms with Crippen molar-refractivity contribution in [1.82, 2.24) is 15.0 Å². The van der Waals surface area contributed by atoms with Gasteiger partial charge < -0.3 is 20.4 Å². The van der Waals surface area contributed by atoms with Gasteiger partial charge >= 0.3 is 88.7 Å². The van der Waals surface area contributed by atoms with Gasteiger partial charge in [-0.15, -0.1) is 10.2 Å². The van der Waals surface area contributed by atoms with E-state index >= 15 is 0 Å². The number of nitrogens with one attached hydrogen (secondary N) is 1. The maximum Gasteiger partial charge on any atom is 1.00 e. The Kier molecular flexibility index (Phi) is 20.0. The van der Waals surface area contributed by atoms with Crippen LogP contribution in [0.3, 0.4) is 0 Å². The molecule has 0 unspecified atom stereocenters. The van der Waals surface area contributed by atoms with E-state index in [0.717, 1.165) is 6.07 Å². The van der Waals surface area contributed by atoms with Gasteiger partial charge in [-0.25, -0.2) is 8.42 Å². The summed E-state index contributed by atoms with van der Waals surface area (Å²) in [6, 6.07) is 15.3. The first kappa shape index (κ1) is 47.3. The minimum absolute atomic E-state index is 0. The molecule has 5 rings (SSSR count). The molecule has 0 aliphatic carbocycles. The Hall–Kier alpha value is -0.900. The first-order valence-corrected chi connectivity index (χ1v) is 16.8. The van der Waals surface area contributed by atoms with Crippen molar-refractivity contribution in [2.75, 3.05) is 5.32 Å². The zero-order chi connectivity index (χ0) is 35.1. The fraction of sp³-hybridized carbons (Fsp3) is 0.0741. The van der Waals surface area contributed by atoms with Gasteiger partial charge in [-0.05, 0) is 103 Å². The van der Waals surface area contributed by atoms with Gasteiger partial charge in [0.25, 0.3) is 0 Å². The zero-order valence-electron chi connectivity index (χ0n) is 27.6. The smallest absolute Gasteiger partial charge is 0.744 e. The van der Waals surface area contributed by atoms with E-state index in [0.29, 0.717) is 73.6 Å². The van der Waals surface area contributed by atoms with Gasteiger partial charge in [0.15, 0.2) is 0 Å². The molecule has 0 aliphatic rings. The normalized spacial score (nSPS) is 11.4. The van der Waals surface area contributed by atoms with Crippen LogP contribution < -0.4 is 105 Å². The molecule has 1 aromatic heterocycles. The number of benzene rings is 4. The van der Waals surface area contributed by atoms with Crippen molar-refractivity contribution in [1.29, 1.82) is 0 Å². The van der Waals surface area contributed by atoms with Crippen LogP contribution in [0, 0.1) is 13.8 Å². The third-order valence-corrected chi connectivity index (χ3v) is 8.72. The third-order valence-electron chi connectivity index (χ3n) is 6.35. The van der Waals surface area contributed by atoms with Crippen molar-refractivity contribution in [3.05, 3.63) is 82.4 Å². The molecule has 0 bridgehead atoms. The summed E-state index contributed by atoms with van der Waals surface area (Å²) in [5, 5.41) is 48.5. The summed E-state index contributed by atoms with van der Waals surface area (Å²) < 4.78 is 44.1. The molecular formula is C27H17Cl2N8Na3O9S3. The summed E-state index contributed by atoms with van der Waals surface area (Å²) in [6.07, 6.45) is 0. The monoisotopic (exact) mass is 832 g/mol. The molecule has 0 radical (unpaired) electrons. The number of hydrogen-bond donors (Lipinski definition) is 1. The van der Waals surface area contributed by atoms with Crippen molar-refractivity contribution in [3.63, 3.8) is 0 Å². The predicted molar refractivity (Wildman–Crippen MR) is 172 cm³/mol. The van der Waals surface area contributed by atoms with Crippen LogP contribution in [-0.4, -0.2) is 27.9 Å². The molecule has 0 atom stereocenters. The van der Waals surface area contributed by atoms with Crippen molar-refractivity contribution in [2.24, 2.45) is 20.5 Å². The fourth-order valence-electron chi connectivity index (χ4n) is 4.22. The number of fused-ring (bicyclic) bond motifs is 1. The molecule has 254 valence electrons. The number of nitrogens with zero attached hydrogens (tertiary/aromatic N) is 7. The first-order valence-electron chi connectivity index (χ1n) is 13.2. The van der Waals surface area contributed by atoms with E-state index in [4.69, 9.17) is 23.2 Å². The average Bonchev–Trinajstić information content (AvgIpc) is 3.05. The number of aryl methyl sites for hydroxylation is 2. The number of anilines is 2. The quantitative estimate of drug-likeness (QED) is 0.0334. The van der Waals surface area contributed by atoms with E-state index in [-0.39, 0.29) is 116 Å². The molecule has 0 saturated carbocycles. The third kappa shape index (κ3) is 12.8. The first-order chi connectivity index (χ1) is 23.4. The van der Waals surface area contributed by atoms with Crippen LogP contribution in [0.1, 0.15) is 11.1 Å². The van der Waals surface area contributed by atoms with Gasteiger partial charge in [0.05, 0.1) is 46.0 Å². The van der Waals surface area contributed by atoms with Crippen LogP contribution in [0.2, 0.25) is 10.6 Å². The van der Waals surface area contributed by atoms with Gasteiger partial charge in [0, 0.05) is 26.3 Å². The summed E-state index contributed by atoms with van der Waals surface area (Å²) in [6.45, 7) is 3.48. The number of rotatable bonds is 13. The van der Waals surface area contributed by atoms with E-state index < -0.39 is 15.0 Å². The molecule has 0 aliphatic heterocycles. The fourth-order valence-corrected chi connectivity index (χ4v) is 5.96. The average molecular weight is 834 g/mol. The Bertz CT molecular complexity index is 2190. The van der Waals surface area contributed by atoms with E-state index in [2.05, 4.69) is 59.5 Å². The summed E-state index contributed by atoms with van der Waals surface area (Å²) >= 11 is 13.0. The number of aromatic nitrogens is 3.